The van der Waals surface area contributed by atoms with Gasteiger partial charge in [0.15, 0.2) is 0 Å². The minimum Gasteiger partial charge on any atom is -0.369 e. The van der Waals surface area contributed by atoms with E-state index in [1.54, 1.807) is 0 Å². The Kier molecular flexibility index (Phi) is 2.44. The van der Waals surface area contributed by atoms with E-state index in [0.29, 0.717) is 12.5 Å². The van der Waals surface area contributed by atoms with Gasteiger partial charge in [0, 0.05) is 13.1 Å². The molecule has 5 N–H and O–H groups in total. The number of hydrogen-bond acceptors (Lipinski definition) is 5. The van der Waals surface area contributed by atoms with Crippen LogP contribution in [-0.2, 0) is 4.79 Å². The number of piperidine rings is 1. The van der Waals surface area contributed by atoms with Gasteiger partial charge in [0.2, 0.25) is 17.8 Å². The van der Waals surface area contributed by atoms with Gasteiger partial charge in [-0.15, -0.1) is 5.10 Å². The molecule has 1 unspecified atom stereocenters. The van der Waals surface area contributed by atoms with Crippen LogP contribution in [0.2, 0.25) is 0 Å². The molecule has 15 heavy (non-hydrogen) atoms. The molecule has 2 rings (SSSR count). The van der Waals surface area contributed by atoms with Crippen LogP contribution in [0.25, 0.3) is 0 Å². The summed E-state index contributed by atoms with van der Waals surface area (Å²) in [6.45, 7) is 1.41. The molecule has 1 aliphatic rings. The van der Waals surface area contributed by atoms with Crippen molar-refractivity contribution < 1.29 is 4.79 Å². The molecule has 0 aliphatic carbocycles. The summed E-state index contributed by atoms with van der Waals surface area (Å²) in [6, 6.07) is 0. The normalized spacial score (nSPS) is 21.6. The molecule has 7 nitrogen and oxygen atoms in total. The number of nitrogen functional groups attached to an aromatic ring is 1. The molecule has 0 radical (unpaired) electrons. The van der Waals surface area contributed by atoms with Gasteiger partial charge < -0.3 is 16.4 Å². The number of nitrogens with zero attached hydrogens (tertiary/aromatic N) is 3. The third-order valence-electron chi connectivity index (χ3n) is 2.60. The highest BCUT2D eigenvalue weighted by Crippen LogP contribution is 2.20. The molecule has 1 amide bonds. The molecule has 0 saturated carbocycles. The zero-order valence-electron chi connectivity index (χ0n) is 8.31. The van der Waals surface area contributed by atoms with E-state index in [1.807, 2.05) is 4.90 Å². The number of rotatable bonds is 2. The summed E-state index contributed by atoms with van der Waals surface area (Å²) in [6.07, 6.45) is 1.76. The highest BCUT2D eigenvalue weighted by Gasteiger charge is 2.25. The van der Waals surface area contributed by atoms with E-state index in [-0.39, 0.29) is 17.8 Å². The summed E-state index contributed by atoms with van der Waals surface area (Å²) < 4.78 is 0. The van der Waals surface area contributed by atoms with E-state index in [0.717, 1.165) is 19.4 Å². The van der Waals surface area contributed by atoms with Gasteiger partial charge in [-0.3, -0.25) is 4.79 Å². The maximum Gasteiger partial charge on any atom is 0.246 e. The van der Waals surface area contributed by atoms with Crippen molar-refractivity contribution in [2.24, 2.45) is 11.7 Å². The monoisotopic (exact) mass is 210 g/mol. The van der Waals surface area contributed by atoms with Crippen LogP contribution in [0, 0.1) is 5.92 Å². The van der Waals surface area contributed by atoms with Crippen molar-refractivity contribution in [2.75, 3.05) is 23.7 Å². The third kappa shape index (κ3) is 2.00. The van der Waals surface area contributed by atoms with Gasteiger partial charge in [0.25, 0.3) is 0 Å². The number of hydrogen-bond donors (Lipinski definition) is 3. The van der Waals surface area contributed by atoms with Crippen molar-refractivity contribution in [3.8, 4) is 0 Å². The highest BCUT2D eigenvalue weighted by atomic mass is 16.1. The number of aromatic amines is 1. The van der Waals surface area contributed by atoms with Crippen molar-refractivity contribution >= 4 is 17.8 Å². The van der Waals surface area contributed by atoms with Crippen LogP contribution >= 0.6 is 0 Å². The molecule has 82 valence electrons. The predicted molar refractivity (Wildman–Crippen MR) is 54.9 cm³/mol. The van der Waals surface area contributed by atoms with E-state index in [4.69, 9.17) is 11.5 Å². The average Bonchev–Trinajstić information content (AvgIpc) is 2.65. The Morgan fingerprint density at radius 3 is 3.00 bits per heavy atom. The fourth-order valence-electron chi connectivity index (χ4n) is 1.80. The summed E-state index contributed by atoms with van der Waals surface area (Å²) in [5.74, 6) is 0.450. The molecule has 1 aliphatic heterocycles. The fraction of sp³-hybridized carbons (Fsp3) is 0.625. The second kappa shape index (κ2) is 3.76. The first-order chi connectivity index (χ1) is 7.16. The van der Waals surface area contributed by atoms with Crippen LogP contribution in [0.4, 0.5) is 11.9 Å². The molecule has 1 aromatic rings. The van der Waals surface area contributed by atoms with Gasteiger partial charge in [-0.1, -0.05) is 0 Å². The van der Waals surface area contributed by atoms with E-state index >= 15 is 0 Å². The number of H-pyrrole nitrogens is 1. The number of nitrogens with two attached hydrogens (primary N) is 2. The zero-order valence-corrected chi connectivity index (χ0v) is 8.31. The van der Waals surface area contributed by atoms with Crippen LogP contribution in [0.15, 0.2) is 0 Å². The molecule has 0 bridgehead atoms. The van der Waals surface area contributed by atoms with E-state index < -0.39 is 0 Å². The summed E-state index contributed by atoms with van der Waals surface area (Å²) in [7, 11) is 0. The number of primary amides is 1. The summed E-state index contributed by atoms with van der Waals surface area (Å²) in [4.78, 5) is 17.0. The van der Waals surface area contributed by atoms with Crippen LogP contribution in [0.1, 0.15) is 12.8 Å². The molecule has 0 spiro atoms. The van der Waals surface area contributed by atoms with Crippen molar-refractivity contribution in [1.29, 1.82) is 0 Å². The topological polar surface area (TPSA) is 114 Å². The average molecular weight is 210 g/mol. The Hall–Kier alpha value is -1.79. The molecule has 1 aromatic heterocycles. The van der Waals surface area contributed by atoms with E-state index in [2.05, 4.69) is 15.2 Å². The zero-order chi connectivity index (χ0) is 10.8. The van der Waals surface area contributed by atoms with Crippen LogP contribution in [-0.4, -0.2) is 34.2 Å². The Labute approximate surface area is 86.8 Å². The van der Waals surface area contributed by atoms with Crippen molar-refractivity contribution in [3.05, 3.63) is 0 Å². The number of amides is 1. The number of nitrogens with one attached hydrogen (secondary N) is 1. The minimum absolute atomic E-state index is 0.113. The minimum atomic E-state index is -0.261. The maximum atomic E-state index is 11.1. The first kappa shape index (κ1) is 9.75. The van der Waals surface area contributed by atoms with Crippen molar-refractivity contribution in [2.45, 2.75) is 12.8 Å². The van der Waals surface area contributed by atoms with Gasteiger partial charge in [-0.25, -0.2) is 5.10 Å². The van der Waals surface area contributed by atoms with Crippen LogP contribution < -0.4 is 16.4 Å². The molecule has 1 atom stereocenters. The first-order valence-corrected chi connectivity index (χ1v) is 4.89. The first-order valence-electron chi connectivity index (χ1n) is 4.89. The SMILES string of the molecule is NC(=O)C1CCCN(c2n[nH]c(N)n2)C1. The van der Waals surface area contributed by atoms with Gasteiger partial charge in [0.1, 0.15) is 0 Å². The molecular weight excluding hydrogens is 196 g/mol. The lowest BCUT2D eigenvalue weighted by atomic mass is 9.98. The summed E-state index contributed by atoms with van der Waals surface area (Å²) >= 11 is 0. The highest BCUT2D eigenvalue weighted by molar-refractivity contribution is 5.77. The predicted octanol–water partition coefficient (Wildman–Crippen LogP) is -0.911. The Bertz CT molecular complexity index is 362. The van der Waals surface area contributed by atoms with Crippen molar-refractivity contribution in [3.63, 3.8) is 0 Å². The lowest BCUT2D eigenvalue weighted by Gasteiger charge is -2.29. The largest absolute Gasteiger partial charge is 0.369 e. The Morgan fingerprint density at radius 1 is 1.60 bits per heavy atom. The second-order valence-corrected chi connectivity index (χ2v) is 3.71. The lowest BCUT2D eigenvalue weighted by Crippen LogP contribution is -2.41. The Balaban J connectivity index is 2.07. The van der Waals surface area contributed by atoms with Gasteiger partial charge >= 0.3 is 0 Å². The molecule has 0 aromatic carbocycles. The van der Waals surface area contributed by atoms with Gasteiger partial charge in [-0.2, -0.15) is 4.98 Å². The van der Waals surface area contributed by atoms with E-state index in [9.17, 15) is 4.79 Å². The number of carbonyl (C=O) groups is 1. The van der Waals surface area contributed by atoms with Crippen LogP contribution in [0.3, 0.4) is 0 Å². The van der Waals surface area contributed by atoms with Gasteiger partial charge in [-0.05, 0) is 12.8 Å². The third-order valence-corrected chi connectivity index (χ3v) is 2.60. The quantitative estimate of drug-likeness (QED) is 0.584. The second-order valence-electron chi connectivity index (χ2n) is 3.71. The van der Waals surface area contributed by atoms with Gasteiger partial charge in [0.05, 0.1) is 5.92 Å². The van der Waals surface area contributed by atoms with E-state index in [1.165, 1.54) is 0 Å². The number of anilines is 2. The van der Waals surface area contributed by atoms with Crippen molar-refractivity contribution in [1.82, 2.24) is 15.2 Å². The standard InChI is InChI=1S/C8H14N6O/c9-6(15)5-2-1-3-14(4-5)8-11-7(10)12-13-8/h5H,1-4H2,(H2,9,15)(H3,10,11,12,13). The smallest absolute Gasteiger partial charge is 0.246 e. The molecule has 1 fully saturated rings. The number of carbonyl (C=O) groups excluding carboxylic acids is 1. The number of aromatic nitrogens is 3. The Morgan fingerprint density at radius 2 is 2.40 bits per heavy atom. The fourth-order valence-corrected chi connectivity index (χ4v) is 1.80. The van der Waals surface area contributed by atoms with Crippen LogP contribution in [0.5, 0.6) is 0 Å². The molecular formula is C8H14N6O. The lowest BCUT2D eigenvalue weighted by molar-refractivity contribution is -0.122. The maximum absolute atomic E-state index is 11.1. The molecule has 1 saturated heterocycles. The summed E-state index contributed by atoms with van der Waals surface area (Å²) in [5.41, 5.74) is 10.7. The molecule has 2 heterocycles. The molecule has 7 heteroatoms. The summed E-state index contributed by atoms with van der Waals surface area (Å²) in [5, 5.41) is 6.51.